The molecule has 3 rings (SSSR count). The Labute approximate surface area is 226 Å². The number of sulfonamides is 1. The topological polar surface area (TPSA) is 86.8 Å². The third kappa shape index (κ3) is 7.22. The molecule has 0 aliphatic rings. The number of para-hydroxylation sites is 1. The molecule has 1 N–H and O–H groups in total. The summed E-state index contributed by atoms with van der Waals surface area (Å²) >= 11 is 0. The third-order valence-electron chi connectivity index (χ3n) is 6.51. The van der Waals surface area contributed by atoms with E-state index in [2.05, 4.69) is 5.32 Å². The summed E-state index contributed by atoms with van der Waals surface area (Å²) in [7, 11) is -4.06. The lowest BCUT2D eigenvalue weighted by atomic mass is 10.1. The van der Waals surface area contributed by atoms with Gasteiger partial charge in [0.15, 0.2) is 0 Å². The molecule has 0 fully saturated rings. The Morgan fingerprint density at radius 1 is 0.842 bits per heavy atom. The summed E-state index contributed by atoms with van der Waals surface area (Å²) < 4.78 is 28.7. The lowest BCUT2D eigenvalue weighted by molar-refractivity contribution is -0.140. The van der Waals surface area contributed by atoms with Crippen LogP contribution in [0.3, 0.4) is 0 Å². The molecule has 0 aliphatic carbocycles. The Hall–Kier alpha value is -3.65. The number of anilines is 1. The highest BCUT2D eigenvalue weighted by atomic mass is 32.2. The Morgan fingerprint density at radius 2 is 1.42 bits per heavy atom. The van der Waals surface area contributed by atoms with Crippen LogP contribution < -0.4 is 9.62 Å². The second kappa shape index (κ2) is 13.2. The molecule has 202 valence electrons. The average molecular weight is 536 g/mol. The van der Waals surface area contributed by atoms with Crippen LogP contribution in [0.4, 0.5) is 5.69 Å². The first-order valence-corrected chi connectivity index (χ1v) is 14.4. The molecule has 0 aliphatic heterocycles. The van der Waals surface area contributed by atoms with Gasteiger partial charge in [0, 0.05) is 12.6 Å². The van der Waals surface area contributed by atoms with Gasteiger partial charge in [0.25, 0.3) is 10.0 Å². The lowest BCUT2D eigenvalue weighted by Gasteiger charge is -2.33. The molecule has 7 nitrogen and oxygen atoms in total. The van der Waals surface area contributed by atoms with Crippen molar-refractivity contribution in [3.63, 3.8) is 0 Å². The molecule has 3 aromatic rings. The molecule has 0 spiro atoms. The van der Waals surface area contributed by atoms with E-state index in [0.29, 0.717) is 12.1 Å². The van der Waals surface area contributed by atoms with Crippen LogP contribution in [-0.4, -0.2) is 43.8 Å². The maximum atomic E-state index is 14.0. The molecule has 0 unspecified atom stereocenters. The zero-order valence-electron chi connectivity index (χ0n) is 22.5. The van der Waals surface area contributed by atoms with E-state index in [1.54, 1.807) is 54.6 Å². The van der Waals surface area contributed by atoms with Gasteiger partial charge in [0.05, 0.1) is 10.6 Å². The Morgan fingerprint density at radius 3 is 1.97 bits per heavy atom. The van der Waals surface area contributed by atoms with Crippen LogP contribution in [0, 0.1) is 6.92 Å². The van der Waals surface area contributed by atoms with Crippen molar-refractivity contribution in [3.05, 3.63) is 96.1 Å². The standard InChI is InChI=1S/C30H37N3O4S/c1-5-24(4)31-30(35)28(6-2)32(21-25-13-9-7-10-14-25)29(34)22-33(26-15-11-8-12-16-26)38(36,37)27-19-17-23(3)18-20-27/h7-20,24,28H,5-6,21-22H2,1-4H3,(H,31,35)/t24-,28+/m1/s1. The van der Waals surface area contributed by atoms with E-state index in [9.17, 15) is 18.0 Å². The van der Waals surface area contributed by atoms with Crippen LogP contribution in [0.15, 0.2) is 89.8 Å². The van der Waals surface area contributed by atoms with E-state index in [4.69, 9.17) is 0 Å². The van der Waals surface area contributed by atoms with Crippen molar-refractivity contribution < 1.29 is 18.0 Å². The number of hydrogen-bond acceptors (Lipinski definition) is 4. The molecule has 0 aromatic heterocycles. The monoisotopic (exact) mass is 535 g/mol. The van der Waals surface area contributed by atoms with Gasteiger partial charge in [-0.15, -0.1) is 0 Å². The fraction of sp³-hybridized carbons (Fsp3) is 0.333. The minimum absolute atomic E-state index is 0.0482. The molecule has 2 amide bonds. The van der Waals surface area contributed by atoms with Crippen LogP contribution in [0.5, 0.6) is 0 Å². The number of rotatable bonds is 12. The number of benzene rings is 3. The summed E-state index contributed by atoms with van der Waals surface area (Å²) in [6, 6.07) is 23.7. The molecule has 0 bridgehead atoms. The van der Waals surface area contributed by atoms with Gasteiger partial charge in [0.1, 0.15) is 12.6 Å². The first-order chi connectivity index (χ1) is 18.2. The maximum absolute atomic E-state index is 14.0. The molecule has 0 radical (unpaired) electrons. The minimum Gasteiger partial charge on any atom is -0.352 e. The second-order valence-corrected chi connectivity index (χ2v) is 11.3. The van der Waals surface area contributed by atoms with Gasteiger partial charge in [-0.2, -0.15) is 0 Å². The van der Waals surface area contributed by atoms with Gasteiger partial charge in [-0.25, -0.2) is 8.42 Å². The molecule has 8 heteroatoms. The zero-order valence-corrected chi connectivity index (χ0v) is 23.3. The largest absolute Gasteiger partial charge is 0.352 e. The van der Waals surface area contributed by atoms with E-state index in [1.807, 2.05) is 58.0 Å². The van der Waals surface area contributed by atoms with Gasteiger partial charge >= 0.3 is 0 Å². The fourth-order valence-electron chi connectivity index (χ4n) is 4.10. The summed E-state index contributed by atoms with van der Waals surface area (Å²) in [4.78, 5) is 28.8. The lowest BCUT2D eigenvalue weighted by Crippen LogP contribution is -2.53. The van der Waals surface area contributed by atoms with Crippen molar-refractivity contribution in [3.8, 4) is 0 Å². The van der Waals surface area contributed by atoms with E-state index in [1.165, 1.54) is 4.90 Å². The third-order valence-corrected chi connectivity index (χ3v) is 8.30. The minimum atomic E-state index is -4.06. The van der Waals surface area contributed by atoms with Crippen LogP contribution in [-0.2, 0) is 26.2 Å². The molecule has 0 heterocycles. The van der Waals surface area contributed by atoms with Crippen molar-refractivity contribution in [1.82, 2.24) is 10.2 Å². The highest BCUT2D eigenvalue weighted by Crippen LogP contribution is 2.25. The number of carbonyl (C=O) groups is 2. The summed E-state index contributed by atoms with van der Waals surface area (Å²) in [5.74, 6) is -0.710. The normalized spacial score (nSPS) is 12.8. The van der Waals surface area contributed by atoms with E-state index < -0.39 is 28.5 Å². The number of nitrogens with one attached hydrogen (secondary N) is 1. The SMILES string of the molecule is CC[C@@H](C)NC(=O)[C@H](CC)N(Cc1ccccc1)C(=O)CN(c1ccccc1)S(=O)(=O)c1ccc(C)cc1. The first-order valence-electron chi connectivity index (χ1n) is 13.0. The van der Waals surface area contributed by atoms with Gasteiger partial charge in [-0.05, 0) is 56.5 Å². The van der Waals surface area contributed by atoms with Crippen LogP contribution in [0.1, 0.15) is 44.7 Å². The quantitative estimate of drug-likeness (QED) is 0.357. The maximum Gasteiger partial charge on any atom is 0.264 e. The van der Waals surface area contributed by atoms with Crippen LogP contribution >= 0.6 is 0 Å². The summed E-state index contributed by atoms with van der Waals surface area (Å²) in [5, 5.41) is 2.98. The average Bonchev–Trinajstić information content (AvgIpc) is 2.92. The zero-order chi connectivity index (χ0) is 27.7. The number of amides is 2. The van der Waals surface area contributed by atoms with Crippen molar-refractivity contribution in [2.45, 2.75) is 64.1 Å². The van der Waals surface area contributed by atoms with Crippen molar-refractivity contribution in [1.29, 1.82) is 0 Å². The first kappa shape index (κ1) is 28.9. The van der Waals surface area contributed by atoms with Crippen molar-refractivity contribution >= 4 is 27.5 Å². The summed E-state index contributed by atoms with van der Waals surface area (Å²) in [6.45, 7) is 7.36. The fourth-order valence-corrected chi connectivity index (χ4v) is 5.52. The van der Waals surface area contributed by atoms with Gasteiger partial charge in [-0.1, -0.05) is 80.1 Å². The van der Waals surface area contributed by atoms with Crippen molar-refractivity contribution in [2.75, 3.05) is 10.8 Å². The molecule has 0 saturated heterocycles. The second-order valence-electron chi connectivity index (χ2n) is 9.41. The van der Waals surface area contributed by atoms with Gasteiger partial charge in [-0.3, -0.25) is 13.9 Å². The van der Waals surface area contributed by atoms with Crippen LogP contribution in [0.2, 0.25) is 0 Å². The number of hydrogen-bond donors (Lipinski definition) is 1. The smallest absolute Gasteiger partial charge is 0.264 e. The predicted molar refractivity (Wildman–Crippen MR) is 151 cm³/mol. The van der Waals surface area contributed by atoms with E-state index >= 15 is 0 Å². The molecule has 38 heavy (non-hydrogen) atoms. The highest BCUT2D eigenvalue weighted by molar-refractivity contribution is 7.92. The molecular weight excluding hydrogens is 498 g/mol. The van der Waals surface area contributed by atoms with Crippen LogP contribution in [0.25, 0.3) is 0 Å². The summed E-state index contributed by atoms with van der Waals surface area (Å²) in [6.07, 6.45) is 1.14. The van der Waals surface area contributed by atoms with E-state index in [0.717, 1.165) is 21.9 Å². The molecule has 2 atom stereocenters. The molecule has 3 aromatic carbocycles. The van der Waals surface area contributed by atoms with Gasteiger partial charge < -0.3 is 10.2 Å². The molecular formula is C30H37N3O4S. The predicted octanol–water partition coefficient (Wildman–Crippen LogP) is 4.91. The number of nitrogens with zero attached hydrogens (tertiary/aromatic N) is 2. The Bertz CT molecular complexity index is 1300. The highest BCUT2D eigenvalue weighted by Gasteiger charge is 2.33. The van der Waals surface area contributed by atoms with Gasteiger partial charge in [0.2, 0.25) is 11.8 Å². The molecule has 0 saturated carbocycles. The summed E-state index contributed by atoms with van der Waals surface area (Å²) in [5.41, 5.74) is 2.15. The Kier molecular flexibility index (Phi) is 10.1. The number of aryl methyl sites for hydroxylation is 1. The number of carbonyl (C=O) groups excluding carboxylic acids is 2. The Balaban J connectivity index is 2.01. The van der Waals surface area contributed by atoms with Crippen molar-refractivity contribution in [2.24, 2.45) is 0 Å². The van der Waals surface area contributed by atoms with E-state index in [-0.39, 0.29) is 23.4 Å².